The van der Waals surface area contributed by atoms with Crippen molar-refractivity contribution in [3.63, 3.8) is 0 Å². The summed E-state index contributed by atoms with van der Waals surface area (Å²) in [7, 11) is 0. The molecule has 1 aromatic rings. The zero-order chi connectivity index (χ0) is 15.6. The third kappa shape index (κ3) is 3.36. The molecule has 2 rings (SSSR count). The first-order valence-corrected chi connectivity index (χ1v) is 6.48. The molecule has 0 fully saturated rings. The minimum atomic E-state index is -1.01. The summed E-state index contributed by atoms with van der Waals surface area (Å²) in [6, 6.07) is 3.83. The molecular weight excluding hydrogens is 279 g/mol. The second-order valence-electron chi connectivity index (χ2n) is 5.02. The molecule has 1 aliphatic rings. The number of halogens is 1. The normalized spacial score (nSPS) is 18.4. The van der Waals surface area contributed by atoms with Crippen molar-refractivity contribution in [1.29, 1.82) is 0 Å². The lowest BCUT2D eigenvalue weighted by Gasteiger charge is -2.25. The minimum Gasteiger partial charge on any atom is -0.481 e. The molecule has 112 valence electrons. The van der Waals surface area contributed by atoms with Crippen molar-refractivity contribution in [1.82, 2.24) is 5.32 Å². The van der Waals surface area contributed by atoms with Crippen LogP contribution in [0.4, 0.5) is 10.1 Å². The van der Waals surface area contributed by atoms with E-state index in [-0.39, 0.29) is 24.6 Å². The van der Waals surface area contributed by atoms with Crippen LogP contribution in [0.25, 0.3) is 0 Å². The van der Waals surface area contributed by atoms with Gasteiger partial charge in [-0.15, -0.1) is 0 Å². The number of rotatable bonds is 4. The number of carboxylic acid groups (broad SMARTS) is 1. The molecule has 0 aliphatic carbocycles. The van der Waals surface area contributed by atoms with E-state index >= 15 is 0 Å². The summed E-state index contributed by atoms with van der Waals surface area (Å²) < 4.78 is 13.2. The third-order valence-electron chi connectivity index (χ3n) is 3.37. The Morgan fingerprint density at radius 3 is 2.90 bits per heavy atom. The van der Waals surface area contributed by atoms with E-state index in [1.165, 1.54) is 19.1 Å². The predicted molar refractivity (Wildman–Crippen MR) is 72.2 cm³/mol. The van der Waals surface area contributed by atoms with Gasteiger partial charge in [0, 0.05) is 18.7 Å². The van der Waals surface area contributed by atoms with Crippen LogP contribution in [-0.2, 0) is 14.4 Å². The molecule has 2 unspecified atom stereocenters. The monoisotopic (exact) mass is 294 g/mol. The van der Waals surface area contributed by atoms with E-state index in [2.05, 4.69) is 10.6 Å². The highest BCUT2D eigenvalue weighted by molar-refractivity contribution is 6.01. The number of hydrogen-bond donors (Lipinski definition) is 3. The molecule has 3 N–H and O–H groups in total. The average molecular weight is 294 g/mol. The lowest BCUT2D eigenvalue weighted by molar-refractivity contribution is -0.141. The Kier molecular flexibility index (Phi) is 4.21. The number of aliphatic carboxylic acids is 1. The first-order chi connectivity index (χ1) is 9.88. The smallest absolute Gasteiger partial charge is 0.308 e. The van der Waals surface area contributed by atoms with Gasteiger partial charge in [-0.05, 0) is 17.7 Å². The maximum atomic E-state index is 13.2. The fraction of sp³-hybridized carbons (Fsp3) is 0.357. The summed E-state index contributed by atoms with van der Waals surface area (Å²) in [6.07, 6.45) is -0.0497. The van der Waals surface area contributed by atoms with Gasteiger partial charge in [0.2, 0.25) is 11.8 Å². The molecule has 1 aromatic carbocycles. The Bertz CT molecular complexity index is 603. The van der Waals surface area contributed by atoms with Crippen molar-refractivity contribution < 1.29 is 23.9 Å². The molecule has 7 heteroatoms. The van der Waals surface area contributed by atoms with Gasteiger partial charge in [-0.1, -0.05) is 13.0 Å². The minimum absolute atomic E-state index is 0.0250. The molecular formula is C14H15FN2O4. The van der Waals surface area contributed by atoms with E-state index in [9.17, 15) is 18.8 Å². The number of carbonyl (C=O) groups is 3. The number of fused-ring (bicyclic) bond motifs is 1. The molecule has 0 radical (unpaired) electrons. The Hall–Kier alpha value is -2.44. The largest absolute Gasteiger partial charge is 0.481 e. The quantitative estimate of drug-likeness (QED) is 0.774. The fourth-order valence-corrected chi connectivity index (χ4v) is 2.14. The van der Waals surface area contributed by atoms with Gasteiger partial charge in [-0.3, -0.25) is 14.4 Å². The van der Waals surface area contributed by atoms with Crippen molar-refractivity contribution in [2.24, 2.45) is 5.92 Å². The van der Waals surface area contributed by atoms with Gasteiger partial charge < -0.3 is 15.7 Å². The molecule has 0 saturated heterocycles. The Morgan fingerprint density at radius 1 is 1.52 bits per heavy atom. The van der Waals surface area contributed by atoms with E-state index in [1.54, 1.807) is 0 Å². The van der Waals surface area contributed by atoms with E-state index in [0.717, 1.165) is 6.07 Å². The van der Waals surface area contributed by atoms with Gasteiger partial charge >= 0.3 is 5.97 Å². The van der Waals surface area contributed by atoms with E-state index in [1.807, 2.05) is 0 Å². The van der Waals surface area contributed by atoms with E-state index in [0.29, 0.717) is 5.56 Å². The van der Waals surface area contributed by atoms with Crippen LogP contribution >= 0.6 is 0 Å². The highest BCUT2D eigenvalue weighted by atomic mass is 19.1. The highest BCUT2D eigenvalue weighted by Gasteiger charge is 2.31. The summed E-state index contributed by atoms with van der Waals surface area (Å²) in [5.41, 5.74) is 0.800. The van der Waals surface area contributed by atoms with Crippen LogP contribution in [0.1, 0.15) is 24.8 Å². The van der Waals surface area contributed by atoms with Crippen LogP contribution in [0.5, 0.6) is 0 Å². The SMILES string of the molecule is CC(CNC(=O)C1CC(=O)Nc2cc(F)ccc21)C(=O)O. The highest BCUT2D eigenvalue weighted by Crippen LogP contribution is 2.32. The van der Waals surface area contributed by atoms with Crippen molar-refractivity contribution in [3.05, 3.63) is 29.6 Å². The van der Waals surface area contributed by atoms with Gasteiger partial charge in [-0.2, -0.15) is 0 Å². The summed E-state index contributed by atoms with van der Waals surface area (Å²) in [5.74, 6) is -3.80. The van der Waals surface area contributed by atoms with Gasteiger partial charge in [-0.25, -0.2) is 4.39 Å². The van der Waals surface area contributed by atoms with Crippen LogP contribution in [0.2, 0.25) is 0 Å². The van der Waals surface area contributed by atoms with Crippen LogP contribution < -0.4 is 10.6 Å². The molecule has 0 bridgehead atoms. The molecule has 1 heterocycles. The molecule has 0 spiro atoms. The van der Waals surface area contributed by atoms with Crippen LogP contribution in [0.15, 0.2) is 18.2 Å². The van der Waals surface area contributed by atoms with Gasteiger partial charge in [0.05, 0.1) is 11.8 Å². The zero-order valence-corrected chi connectivity index (χ0v) is 11.4. The lowest BCUT2D eigenvalue weighted by Crippen LogP contribution is -2.38. The van der Waals surface area contributed by atoms with Crippen molar-refractivity contribution >= 4 is 23.5 Å². The van der Waals surface area contributed by atoms with Gasteiger partial charge in [0.1, 0.15) is 5.82 Å². The number of amides is 2. The lowest BCUT2D eigenvalue weighted by atomic mass is 9.89. The molecule has 6 nitrogen and oxygen atoms in total. The van der Waals surface area contributed by atoms with Crippen molar-refractivity contribution in [2.75, 3.05) is 11.9 Å². The first kappa shape index (κ1) is 15.0. The van der Waals surface area contributed by atoms with Crippen molar-refractivity contribution in [2.45, 2.75) is 19.3 Å². The van der Waals surface area contributed by atoms with Crippen LogP contribution in [-0.4, -0.2) is 29.4 Å². The molecule has 21 heavy (non-hydrogen) atoms. The summed E-state index contributed by atoms with van der Waals surface area (Å²) >= 11 is 0. The van der Waals surface area contributed by atoms with Crippen molar-refractivity contribution in [3.8, 4) is 0 Å². The second kappa shape index (κ2) is 5.90. The van der Waals surface area contributed by atoms with E-state index in [4.69, 9.17) is 5.11 Å². The Balaban J connectivity index is 2.15. The average Bonchev–Trinajstić information content (AvgIpc) is 2.42. The standard InChI is InChI=1S/C14H15FN2O4/c1-7(14(20)21)6-16-13(19)10-5-12(18)17-11-4-8(15)2-3-9(10)11/h2-4,7,10H,5-6H2,1H3,(H,16,19)(H,17,18)(H,20,21). The van der Waals surface area contributed by atoms with Gasteiger partial charge in [0.25, 0.3) is 0 Å². The Morgan fingerprint density at radius 2 is 2.24 bits per heavy atom. The maximum absolute atomic E-state index is 13.2. The number of benzene rings is 1. The molecule has 0 saturated carbocycles. The fourth-order valence-electron chi connectivity index (χ4n) is 2.14. The molecule has 2 atom stereocenters. The van der Waals surface area contributed by atoms with Gasteiger partial charge in [0.15, 0.2) is 0 Å². The predicted octanol–water partition coefficient (Wildman–Crippen LogP) is 1.09. The summed E-state index contributed by atoms with van der Waals surface area (Å²) in [4.78, 5) is 34.5. The van der Waals surface area contributed by atoms with Crippen LogP contribution in [0.3, 0.4) is 0 Å². The summed E-state index contributed by atoms with van der Waals surface area (Å²) in [6.45, 7) is 1.45. The first-order valence-electron chi connectivity index (χ1n) is 6.48. The third-order valence-corrected chi connectivity index (χ3v) is 3.37. The number of carboxylic acids is 1. The maximum Gasteiger partial charge on any atom is 0.308 e. The molecule has 0 aromatic heterocycles. The number of carbonyl (C=O) groups excluding carboxylic acids is 2. The number of anilines is 1. The summed E-state index contributed by atoms with van der Waals surface area (Å²) in [5, 5.41) is 13.8. The number of hydrogen-bond acceptors (Lipinski definition) is 3. The van der Waals surface area contributed by atoms with Crippen LogP contribution in [0, 0.1) is 11.7 Å². The second-order valence-corrected chi connectivity index (χ2v) is 5.02. The number of nitrogens with one attached hydrogen (secondary N) is 2. The molecule has 2 amide bonds. The van der Waals surface area contributed by atoms with E-state index < -0.39 is 29.5 Å². The Labute approximate surface area is 120 Å². The topological polar surface area (TPSA) is 95.5 Å². The zero-order valence-electron chi connectivity index (χ0n) is 11.4. The molecule has 1 aliphatic heterocycles.